The highest BCUT2D eigenvalue weighted by atomic mass is 79.9. The number of benzene rings is 1. The molecule has 1 unspecified atom stereocenters. The van der Waals surface area contributed by atoms with E-state index in [0.29, 0.717) is 11.5 Å². The van der Waals surface area contributed by atoms with Gasteiger partial charge < -0.3 is 5.32 Å². The maximum atomic E-state index is 3.54. The Morgan fingerprint density at radius 3 is 2.89 bits per heavy atom. The van der Waals surface area contributed by atoms with E-state index in [0.717, 1.165) is 24.1 Å². The summed E-state index contributed by atoms with van der Waals surface area (Å²) in [6.07, 6.45) is 1.23. The molecule has 0 aliphatic carbocycles. The average molecular weight is 311 g/mol. The third-order valence-electron chi connectivity index (χ3n) is 3.93. The summed E-state index contributed by atoms with van der Waals surface area (Å²) in [7, 11) is 2.25. The zero-order chi connectivity index (χ0) is 13.2. The SMILES string of the molecule is CN(Cc1cccc(Br)c1)C1CCNCC1(C)C. The molecule has 0 aromatic heterocycles. The first-order valence-corrected chi connectivity index (χ1v) is 7.44. The number of piperidine rings is 1. The van der Waals surface area contributed by atoms with Crippen molar-refractivity contribution >= 4 is 15.9 Å². The van der Waals surface area contributed by atoms with Crippen LogP contribution >= 0.6 is 15.9 Å². The van der Waals surface area contributed by atoms with Gasteiger partial charge in [-0.05, 0) is 43.1 Å². The zero-order valence-electron chi connectivity index (χ0n) is 11.5. The van der Waals surface area contributed by atoms with Crippen LogP contribution in [-0.4, -0.2) is 31.1 Å². The van der Waals surface area contributed by atoms with E-state index < -0.39 is 0 Å². The van der Waals surface area contributed by atoms with Gasteiger partial charge in [0.1, 0.15) is 0 Å². The van der Waals surface area contributed by atoms with Crippen molar-refractivity contribution in [2.24, 2.45) is 5.41 Å². The van der Waals surface area contributed by atoms with E-state index in [9.17, 15) is 0 Å². The van der Waals surface area contributed by atoms with Gasteiger partial charge in [-0.25, -0.2) is 0 Å². The number of nitrogens with one attached hydrogen (secondary N) is 1. The van der Waals surface area contributed by atoms with Crippen LogP contribution in [0.3, 0.4) is 0 Å². The maximum Gasteiger partial charge on any atom is 0.0234 e. The van der Waals surface area contributed by atoms with Crippen LogP contribution in [0.4, 0.5) is 0 Å². The topological polar surface area (TPSA) is 15.3 Å². The summed E-state index contributed by atoms with van der Waals surface area (Å²) in [5.74, 6) is 0. The van der Waals surface area contributed by atoms with Gasteiger partial charge in [-0.1, -0.05) is 41.9 Å². The summed E-state index contributed by atoms with van der Waals surface area (Å²) in [5, 5.41) is 3.50. The van der Waals surface area contributed by atoms with Crippen molar-refractivity contribution in [3.63, 3.8) is 0 Å². The molecule has 0 radical (unpaired) electrons. The van der Waals surface area contributed by atoms with Gasteiger partial charge in [0.2, 0.25) is 0 Å². The Labute approximate surface area is 119 Å². The largest absolute Gasteiger partial charge is 0.316 e. The Morgan fingerprint density at radius 1 is 1.44 bits per heavy atom. The van der Waals surface area contributed by atoms with Crippen LogP contribution in [0.15, 0.2) is 28.7 Å². The van der Waals surface area contributed by atoms with Crippen molar-refractivity contribution in [3.8, 4) is 0 Å². The lowest BCUT2D eigenvalue weighted by atomic mass is 9.79. The van der Waals surface area contributed by atoms with Gasteiger partial charge >= 0.3 is 0 Å². The fraction of sp³-hybridized carbons (Fsp3) is 0.600. The average Bonchev–Trinajstić information content (AvgIpc) is 2.28. The molecule has 1 aromatic carbocycles. The van der Waals surface area contributed by atoms with Crippen LogP contribution in [0.5, 0.6) is 0 Å². The molecule has 2 rings (SSSR count). The molecular formula is C15H23BrN2. The van der Waals surface area contributed by atoms with Crippen molar-refractivity contribution in [3.05, 3.63) is 34.3 Å². The lowest BCUT2D eigenvalue weighted by Gasteiger charge is -2.44. The van der Waals surface area contributed by atoms with Gasteiger partial charge in [-0.3, -0.25) is 4.90 Å². The fourth-order valence-corrected chi connectivity index (χ4v) is 3.46. The first-order chi connectivity index (χ1) is 8.49. The number of nitrogens with zero attached hydrogens (tertiary/aromatic N) is 1. The molecular weight excluding hydrogens is 288 g/mol. The van der Waals surface area contributed by atoms with E-state index in [1.807, 2.05) is 0 Å². The fourth-order valence-electron chi connectivity index (χ4n) is 3.01. The lowest BCUT2D eigenvalue weighted by molar-refractivity contribution is 0.0745. The molecule has 1 saturated heterocycles. The summed E-state index contributed by atoms with van der Waals surface area (Å²) >= 11 is 3.54. The summed E-state index contributed by atoms with van der Waals surface area (Å²) < 4.78 is 1.16. The second-order valence-corrected chi connectivity index (χ2v) is 6.93. The maximum absolute atomic E-state index is 3.54. The number of halogens is 1. The molecule has 1 aliphatic rings. The minimum atomic E-state index is 0.346. The van der Waals surface area contributed by atoms with E-state index in [-0.39, 0.29) is 0 Å². The van der Waals surface area contributed by atoms with Gasteiger partial charge in [0, 0.05) is 23.6 Å². The van der Waals surface area contributed by atoms with Crippen LogP contribution in [-0.2, 0) is 6.54 Å². The molecule has 1 heterocycles. The van der Waals surface area contributed by atoms with Gasteiger partial charge in [-0.15, -0.1) is 0 Å². The predicted octanol–water partition coefficient (Wildman–Crippen LogP) is 3.27. The number of hydrogen-bond acceptors (Lipinski definition) is 2. The van der Waals surface area contributed by atoms with Gasteiger partial charge in [0.05, 0.1) is 0 Å². The minimum absolute atomic E-state index is 0.346. The molecule has 0 saturated carbocycles. The van der Waals surface area contributed by atoms with Crippen molar-refractivity contribution < 1.29 is 0 Å². The molecule has 1 atom stereocenters. The molecule has 1 fully saturated rings. The van der Waals surface area contributed by atoms with Crippen LogP contribution < -0.4 is 5.32 Å². The molecule has 1 N–H and O–H groups in total. The molecule has 3 heteroatoms. The highest BCUT2D eigenvalue weighted by molar-refractivity contribution is 9.10. The Bertz CT molecular complexity index is 403. The summed E-state index contributed by atoms with van der Waals surface area (Å²) in [6.45, 7) is 7.99. The third kappa shape index (κ3) is 3.34. The Hall–Kier alpha value is -0.380. The Balaban J connectivity index is 2.05. The standard InChI is InChI=1S/C15H23BrN2/c1-15(2)11-17-8-7-14(15)18(3)10-12-5-4-6-13(16)9-12/h4-6,9,14,17H,7-8,10-11H2,1-3H3. The number of hydrogen-bond donors (Lipinski definition) is 1. The van der Waals surface area contributed by atoms with Crippen LogP contribution in [0, 0.1) is 5.41 Å². The monoisotopic (exact) mass is 310 g/mol. The van der Waals surface area contributed by atoms with Crippen molar-refractivity contribution in [2.45, 2.75) is 32.9 Å². The summed E-state index contributed by atoms with van der Waals surface area (Å²) in [5.41, 5.74) is 1.72. The summed E-state index contributed by atoms with van der Waals surface area (Å²) in [4.78, 5) is 2.50. The smallest absolute Gasteiger partial charge is 0.0234 e. The normalized spacial score (nSPS) is 23.3. The molecule has 0 bridgehead atoms. The lowest BCUT2D eigenvalue weighted by Crippen LogP contribution is -2.53. The first kappa shape index (κ1) is 14.0. The second-order valence-electron chi connectivity index (χ2n) is 6.01. The van der Waals surface area contributed by atoms with E-state index >= 15 is 0 Å². The van der Waals surface area contributed by atoms with E-state index in [2.05, 4.69) is 71.3 Å². The van der Waals surface area contributed by atoms with Crippen molar-refractivity contribution in [2.75, 3.05) is 20.1 Å². The zero-order valence-corrected chi connectivity index (χ0v) is 13.1. The predicted molar refractivity (Wildman–Crippen MR) is 80.7 cm³/mol. The molecule has 0 amide bonds. The van der Waals surface area contributed by atoms with Crippen molar-refractivity contribution in [1.82, 2.24) is 10.2 Å². The molecule has 0 spiro atoms. The molecule has 2 nitrogen and oxygen atoms in total. The first-order valence-electron chi connectivity index (χ1n) is 6.64. The second kappa shape index (κ2) is 5.72. The van der Waals surface area contributed by atoms with Gasteiger partial charge in [-0.2, -0.15) is 0 Å². The van der Waals surface area contributed by atoms with E-state index in [4.69, 9.17) is 0 Å². The van der Waals surface area contributed by atoms with E-state index in [1.165, 1.54) is 12.0 Å². The molecule has 1 aliphatic heterocycles. The van der Waals surface area contributed by atoms with Gasteiger partial charge in [0.15, 0.2) is 0 Å². The van der Waals surface area contributed by atoms with Crippen LogP contribution in [0.2, 0.25) is 0 Å². The van der Waals surface area contributed by atoms with E-state index in [1.54, 1.807) is 0 Å². The molecule has 1 aromatic rings. The minimum Gasteiger partial charge on any atom is -0.316 e. The van der Waals surface area contributed by atoms with Crippen LogP contribution in [0.25, 0.3) is 0 Å². The Kier molecular flexibility index (Phi) is 4.46. The molecule has 18 heavy (non-hydrogen) atoms. The third-order valence-corrected chi connectivity index (χ3v) is 4.42. The van der Waals surface area contributed by atoms with Crippen molar-refractivity contribution in [1.29, 1.82) is 0 Å². The van der Waals surface area contributed by atoms with Crippen LogP contribution in [0.1, 0.15) is 25.8 Å². The molecule has 100 valence electrons. The quantitative estimate of drug-likeness (QED) is 0.922. The highest BCUT2D eigenvalue weighted by Crippen LogP contribution is 2.30. The van der Waals surface area contributed by atoms with Gasteiger partial charge in [0.25, 0.3) is 0 Å². The highest BCUT2D eigenvalue weighted by Gasteiger charge is 2.34. The number of rotatable bonds is 3. The Morgan fingerprint density at radius 2 is 2.22 bits per heavy atom. The summed E-state index contributed by atoms with van der Waals surface area (Å²) in [6, 6.07) is 9.26.